The molecule has 0 fully saturated rings. The lowest BCUT2D eigenvalue weighted by molar-refractivity contribution is -0.120. The highest BCUT2D eigenvalue weighted by atomic mass is 16.5. The molecule has 1 heterocycles. The van der Waals surface area contributed by atoms with Gasteiger partial charge < -0.3 is 14.8 Å². The molecular weight excluding hydrogens is 274 g/mol. The van der Waals surface area contributed by atoms with Gasteiger partial charge in [0.25, 0.3) is 5.91 Å². The van der Waals surface area contributed by atoms with Gasteiger partial charge in [0.2, 0.25) is 11.8 Å². The van der Waals surface area contributed by atoms with Crippen LogP contribution < -0.4 is 10.6 Å². The number of rotatable bonds is 7. The Labute approximate surface area is 122 Å². The molecule has 0 saturated heterocycles. The number of carbonyl (C=O) groups is 3. The van der Waals surface area contributed by atoms with Gasteiger partial charge in [-0.25, -0.2) is 0 Å². The Balaban J connectivity index is 3.24. The minimum Gasteiger partial charge on any atom is -0.482 e. The molecule has 112 valence electrons. The van der Waals surface area contributed by atoms with E-state index in [4.69, 9.17) is 4.74 Å². The van der Waals surface area contributed by atoms with Crippen molar-refractivity contribution in [2.75, 3.05) is 13.7 Å². The molecular formula is C14H17N3O4. The van der Waals surface area contributed by atoms with E-state index in [0.717, 1.165) is 0 Å². The zero-order valence-corrected chi connectivity index (χ0v) is 11.9. The number of carbonyl (C=O) groups excluding carboxylic acids is 3. The van der Waals surface area contributed by atoms with Gasteiger partial charge in [-0.2, -0.15) is 0 Å². The number of ether oxygens (including phenoxy) is 1. The SMILES string of the molecule is CCC(=O)N/C(OC)=C(/C(=O)NCC=O)c1ccccn1. The number of nitrogens with one attached hydrogen (secondary N) is 2. The maximum absolute atomic E-state index is 12.2. The van der Waals surface area contributed by atoms with Gasteiger partial charge in [-0.15, -0.1) is 0 Å². The zero-order chi connectivity index (χ0) is 15.7. The normalized spacial score (nSPS) is 11.1. The molecule has 21 heavy (non-hydrogen) atoms. The first-order valence-corrected chi connectivity index (χ1v) is 6.35. The number of aromatic nitrogens is 1. The van der Waals surface area contributed by atoms with Crippen LogP contribution in [0, 0.1) is 0 Å². The molecule has 2 N–H and O–H groups in total. The second-order valence-electron chi connectivity index (χ2n) is 3.90. The Hall–Kier alpha value is -2.70. The van der Waals surface area contributed by atoms with Gasteiger partial charge in [0, 0.05) is 12.6 Å². The van der Waals surface area contributed by atoms with E-state index in [1.54, 1.807) is 25.1 Å². The van der Waals surface area contributed by atoms with E-state index in [9.17, 15) is 14.4 Å². The van der Waals surface area contributed by atoms with Gasteiger partial charge in [0.05, 0.1) is 19.3 Å². The van der Waals surface area contributed by atoms with E-state index in [-0.39, 0.29) is 30.3 Å². The van der Waals surface area contributed by atoms with Crippen LogP contribution in [0.3, 0.4) is 0 Å². The van der Waals surface area contributed by atoms with Crippen molar-refractivity contribution in [1.29, 1.82) is 0 Å². The zero-order valence-electron chi connectivity index (χ0n) is 11.9. The maximum Gasteiger partial charge on any atom is 0.259 e. The first kappa shape index (κ1) is 16.4. The average Bonchev–Trinajstić information content (AvgIpc) is 2.52. The summed E-state index contributed by atoms with van der Waals surface area (Å²) in [6.45, 7) is 1.53. The van der Waals surface area contributed by atoms with Crippen LogP contribution in [0.5, 0.6) is 0 Å². The highest BCUT2D eigenvalue weighted by Crippen LogP contribution is 2.16. The summed E-state index contributed by atoms with van der Waals surface area (Å²) in [5, 5.41) is 4.90. The second kappa shape index (κ2) is 8.47. The largest absolute Gasteiger partial charge is 0.482 e. The molecule has 0 aliphatic rings. The fourth-order valence-corrected chi connectivity index (χ4v) is 1.50. The monoisotopic (exact) mass is 291 g/mol. The van der Waals surface area contributed by atoms with Crippen molar-refractivity contribution >= 4 is 23.7 Å². The molecule has 0 saturated carbocycles. The number of methoxy groups -OCH3 is 1. The van der Waals surface area contributed by atoms with Crippen molar-refractivity contribution in [1.82, 2.24) is 15.6 Å². The lowest BCUT2D eigenvalue weighted by atomic mass is 10.1. The van der Waals surface area contributed by atoms with Gasteiger partial charge in [-0.1, -0.05) is 13.0 Å². The highest BCUT2D eigenvalue weighted by molar-refractivity contribution is 6.20. The molecule has 0 radical (unpaired) electrons. The van der Waals surface area contributed by atoms with Crippen LogP contribution in [0.15, 0.2) is 30.3 Å². The lowest BCUT2D eigenvalue weighted by Gasteiger charge is -2.14. The third-order valence-corrected chi connectivity index (χ3v) is 2.50. The number of amides is 2. The molecule has 0 spiro atoms. The lowest BCUT2D eigenvalue weighted by Crippen LogP contribution is -2.31. The summed E-state index contributed by atoms with van der Waals surface area (Å²) < 4.78 is 5.10. The van der Waals surface area contributed by atoms with Crippen molar-refractivity contribution in [2.24, 2.45) is 0 Å². The van der Waals surface area contributed by atoms with E-state index in [0.29, 0.717) is 12.0 Å². The highest BCUT2D eigenvalue weighted by Gasteiger charge is 2.21. The van der Waals surface area contributed by atoms with Crippen molar-refractivity contribution < 1.29 is 19.1 Å². The minimum absolute atomic E-state index is 0.0102. The van der Waals surface area contributed by atoms with Crippen molar-refractivity contribution in [3.63, 3.8) is 0 Å². The van der Waals surface area contributed by atoms with E-state index in [2.05, 4.69) is 15.6 Å². The van der Waals surface area contributed by atoms with Gasteiger partial charge in [0.1, 0.15) is 11.9 Å². The summed E-state index contributed by atoms with van der Waals surface area (Å²) in [6, 6.07) is 5.00. The van der Waals surface area contributed by atoms with Crippen molar-refractivity contribution in [3.05, 3.63) is 36.0 Å². The van der Waals surface area contributed by atoms with Gasteiger partial charge in [0.15, 0.2) is 0 Å². The molecule has 0 bridgehead atoms. The smallest absolute Gasteiger partial charge is 0.259 e. The average molecular weight is 291 g/mol. The molecule has 1 aromatic heterocycles. The van der Waals surface area contributed by atoms with Crippen LogP contribution in [-0.4, -0.2) is 36.7 Å². The van der Waals surface area contributed by atoms with Crippen molar-refractivity contribution in [2.45, 2.75) is 13.3 Å². The standard InChI is InChI=1S/C14H17N3O4/c1-3-11(19)17-14(21-2)12(13(20)16-8-9-18)10-6-4-5-7-15-10/h4-7,9H,3,8H2,1-2H3,(H,16,20)(H,17,19)/b14-12-. The quantitative estimate of drug-likeness (QED) is 0.426. The first-order chi connectivity index (χ1) is 10.1. The van der Waals surface area contributed by atoms with Crippen LogP contribution in [0.1, 0.15) is 19.0 Å². The fraction of sp³-hybridized carbons (Fsp3) is 0.286. The third kappa shape index (κ3) is 4.72. The molecule has 0 unspecified atom stereocenters. The van der Waals surface area contributed by atoms with Crippen LogP contribution in [-0.2, 0) is 19.1 Å². The van der Waals surface area contributed by atoms with E-state index in [1.807, 2.05) is 0 Å². The molecule has 1 aromatic rings. The van der Waals surface area contributed by atoms with Crippen LogP contribution in [0.2, 0.25) is 0 Å². The van der Waals surface area contributed by atoms with E-state index < -0.39 is 5.91 Å². The van der Waals surface area contributed by atoms with Crippen LogP contribution >= 0.6 is 0 Å². The molecule has 1 rings (SSSR count). The molecule has 7 heteroatoms. The molecule has 7 nitrogen and oxygen atoms in total. The van der Waals surface area contributed by atoms with Gasteiger partial charge >= 0.3 is 0 Å². The summed E-state index contributed by atoms with van der Waals surface area (Å²) >= 11 is 0. The number of nitrogens with zero attached hydrogens (tertiary/aromatic N) is 1. The van der Waals surface area contributed by atoms with Crippen molar-refractivity contribution in [3.8, 4) is 0 Å². The molecule has 0 aliphatic heterocycles. The molecule has 2 amide bonds. The Morgan fingerprint density at radius 3 is 2.67 bits per heavy atom. The number of hydrogen-bond acceptors (Lipinski definition) is 5. The Bertz CT molecular complexity index is 540. The Morgan fingerprint density at radius 1 is 1.38 bits per heavy atom. The van der Waals surface area contributed by atoms with Gasteiger partial charge in [-0.05, 0) is 12.1 Å². The number of aldehydes is 1. The summed E-state index contributed by atoms with van der Waals surface area (Å²) in [4.78, 5) is 38.1. The summed E-state index contributed by atoms with van der Waals surface area (Å²) in [6.07, 6.45) is 2.31. The maximum atomic E-state index is 12.2. The summed E-state index contributed by atoms with van der Waals surface area (Å²) in [7, 11) is 1.33. The van der Waals surface area contributed by atoms with Gasteiger partial charge in [-0.3, -0.25) is 19.9 Å². The molecule has 0 aromatic carbocycles. The molecule has 0 atom stereocenters. The summed E-state index contributed by atoms with van der Waals surface area (Å²) in [5.74, 6) is -0.874. The van der Waals surface area contributed by atoms with Crippen LogP contribution in [0.25, 0.3) is 5.57 Å². The van der Waals surface area contributed by atoms with E-state index in [1.165, 1.54) is 13.3 Å². The number of pyridine rings is 1. The summed E-state index contributed by atoms with van der Waals surface area (Å²) in [5.41, 5.74) is 0.385. The number of hydrogen-bond donors (Lipinski definition) is 2. The fourth-order valence-electron chi connectivity index (χ4n) is 1.50. The Morgan fingerprint density at radius 2 is 2.14 bits per heavy atom. The van der Waals surface area contributed by atoms with Crippen LogP contribution in [0.4, 0.5) is 0 Å². The third-order valence-electron chi connectivity index (χ3n) is 2.50. The van der Waals surface area contributed by atoms with E-state index >= 15 is 0 Å². The predicted octanol–water partition coefficient (Wildman–Crippen LogP) is 0.238. The second-order valence-corrected chi connectivity index (χ2v) is 3.90. The topological polar surface area (TPSA) is 97.4 Å². The minimum atomic E-state index is -0.561. The molecule has 0 aliphatic carbocycles. The first-order valence-electron chi connectivity index (χ1n) is 6.35. The predicted molar refractivity (Wildman–Crippen MR) is 75.7 cm³/mol. The Kier molecular flexibility index (Phi) is 6.59.